The second-order valence-electron chi connectivity index (χ2n) is 8.07. The zero-order valence-corrected chi connectivity index (χ0v) is 17.9. The van der Waals surface area contributed by atoms with Gasteiger partial charge < -0.3 is 24.8 Å². The summed E-state index contributed by atoms with van der Waals surface area (Å²) in [6, 6.07) is 12.9. The highest BCUT2D eigenvalue weighted by atomic mass is 16.6. The van der Waals surface area contributed by atoms with Gasteiger partial charge in [-0.3, -0.25) is 14.9 Å². The van der Waals surface area contributed by atoms with Gasteiger partial charge in [0.1, 0.15) is 23.0 Å². The first kappa shape index (κ1) is 22.0. The maximum atomic E-state index is 12.7. The Morgan fingerprint density at radius 3 is 1.86 bits per heavy atom. The monoisotopic (exact) mass is 475 g/mol. The molecule has 0 aromatic heterocycles. The summed E-state index contributed by atoms with van der Waals surface area (Å²) in [6.07, 6.45) is 0.748. The van der Waals surface area contributed by atoms with Crippen LogP contribution in [0, 0.1) is 0 Å². The number of benzene rings is 3. The fourth-order valence-corrected chi connectivity index (χ4v) is 4.34. The summed E-state index contributed by atoms with van der Waals surface area (Å²) in [4.78, 5) is 44.4. The molecule has 0 unspecified atom stereocenters. The van der Waals surface area contributed by atoms with Gasteiger partial charge >= 0.3 is 11.9 Å². The predicted molar refractivity (Wildman–Crippen MR) is 117 cm³/mol. The van der Waals surface area contributed by atoms with E-state index >= 15 is 0 Å². The number of imide groups is 1. The molecule has 4 N–H and O–H groups in total. The van der Waals surface area contributed by atoms with Gasteiger partial charge in [-0.2, -0.15) is 0 Å². The fraction of sp³-hybridized carbons (Fsp3) is 0.120. The lowest BCUT2D eigenvalue weighted by atomic mass is 9.77. The van der Waals surface area contributed by atoms with Gasteiger partial charge in [0.05, 0.1) is 11.1 Å². The summed E-state index contributed by atoms with van der Waals surface area (Å²) in [7, 11) is 0. The Hall–Kier alpha value is -4.86. The number of aromatic carboxylic acids is 1. The maximum Gasteiger partial charge on any atom is 0.340 e. The molecule has 176 valence electrons. The molecule has 0 radical (unpaired) electrons. The topological polar surface area (TPSA) is 159 Å². The van der Waals surface area contributed by atoms with E-state index in [9.17, 15) is 34.5 Å². The number of aromatic hydroxyl groups is 2. The van der Waals surface area contributed by atoms with Crippen molar-refractivity contribution in [1.82, 2.24) is 5.32 Å². The molecule has 35 heavy (non-hydrogen) atoms. The SMILES string of the molecule is O=C(O)c1ccc2c(c1)C1(OC2=O)c2ccc(O)cc2Oc2cc(O)ccc21.O=C1CCC(=O)N1. The summed E-state index contributed by atoms with van der Waals surface area (Å²) >= 11 is 0. The Labute approximate surface area is 197 Å². The highest BCUT2D eigenvalue weighted by Gasteiger charge is 2.53. The normalized spacial score (nSPS) is 16.2. The van der Waals surface area contributed by atoms with Crippen molar-refractivity contribution in [1.29, 1.82) is 0 Å². The van der Waals surface area contributed by atoms with Gasteiger partial charge in [0.25, 0.3) is 0 Å². The van der Waals surface area contributed by atoms with Crippen LogP contribution < -0.4 is 10.1 Å². The van der Waals surface area contributed by atoms with Crippen LogP contribution in [0.15, 0.2) is 54.6 Å². The van der Waals surface area contributed by atoms with Crippen molar-refractivity contribution < 1.29 is 44.0 Å². The van der Waals surface area contributed by atoms with Crippen LogP contribution >= 0.6 is 0 Å². The summed E-state index contributed by atoms with van der Waals surface area (Å²) < 4.78 is 11.7. The zero-order chi connectivity index (χ0) is 24.9. The van der Waals surface area contributed by atoms with Crippen molar-refractivity contribution in [3.63, 3.8) is 0 Å². The first-order valence-electron chi connectivity index (χ1n) is 10.5. The molecule has 2 amide bonds. The van der Waals surface area contributed by atoms with Crippen molar-refractivity contribution in [2.75, 3.05) is 0 Å². The van der Waals surface area contributed by atoms with Crippen molar-refractivity contribution in [3.05, 3.63) is 82.4 Å². The number of esters is 1. The maximum absolute atomic E-state index is 12.7. The van der Waals surface area contributed by atoms with Gasteiger partial charge in [0.15, 0.2) is 5.60 Å². The van der Waals surface area contributed by atoms with Crippen LogP contribution in [0.4, 0.5) is 0 Å². The Balaban J connectivity index is 0.000000313. The Kier molecular flexibility index (Phi) is 4.94. The van der Waals surface area contributed by atoms with Crippen LogP contribution in [0.25, 0.3) is 0 Å². The van der Waals surface area contributed by atoms with Gasteiger partial charge in [-0.05, 0) is 42.5 Å². The molecule has 1 fully saturated rings. The molecular formula is C25H17NO9. The number of carbonyl (C=O) groups excluding carboxylic acids is 3. The zero-order valence-electron chi connectivity index (χ0n) is 17.9. The van der Waals surface area contributed by atoms with E-state index in [1.165, 1.54) is 42.5 Å². The largest absolute Gasteiger partial charge is 0.508 e. The lowest BCUT2D eigenvalue weighted by Gasteiger charge is -2.36. The van der Waals surface area contributed by atoms with Gasteiger partial charge in [-0.25, -0.2) is 9.59 Å². The highest BCUT2D eigenvalue weighted by Crippen LogP contribution is 2.57. The minimum atomic E-state index is -1.46. The second-order valence-corrected chi connectivity index (χ2v) is 8.07. The molecule has 0 aliphatic carbocycles. The summed E-state index contributed by atoms with van der Waals surface area (Å²) in [5.41, 5.74) is 0.0340. The molecule has 6 rings (SSSR count). The molecule has 0 saturated carbocycles. The van der Waals surface area contributed by atoms with Crippen LogP contribution in [0.3, 0.4) is 0 Å². The Morgan fingerprint density at radius 1 is 0.800 bits per heavy atom. The highest BCUT2D eigenvalue weighted by molar-refractivity contribution is 6.01. The number of carbonyl (C=O) groups is 4. The van der Waals surface area contributed by atoms with E-state index in [1.807, 2.05) is 0 Å². The molecule has 10 nitrogen and oxygen atoms in total. The van der Waals surface area contributed by atoms with Crippen molar-refractivity contribution in [2.24, 2.45) is 0 Å². The first-order valence-corrected chi connectivity index (χ1v) is 10.5. The average Bonchev–Trinajstić information content (AvgIpc) is 3.33. The van der Waals surface area contributed by atoms with Crippen LogP contribution in [0.1, 0.15) is 50.2 Å². The van der Waals surface area contributed by atoms with E-state index in [2.05, 4.69) is 5.32 Å². The quantitative estimate of drug-likeness (QED) is 0.307. The Morgan fingerprint density at radius 2 is 1.37 bits per heavy atom. The molecule has 3 aromatic rings. The lowest BCUT2D eigenvalue weighted by Crippen LogP contribution is -2.33. The smallest absolute Gasteiger partial charge is 0.340 e. The Bertz CT molecular complexity index is 1380. The summed E-state index contributed by atoms with van der Waals surface area (Å²) in [6.45, 7) is 0. The third-order valence-electron chi connectivity index (χ3n) is 5.88. The van der Waals surface area contributed by atoms with Crippen LogP contribution in [0.2, 0.25) is 0 Å². The third-order valence-corrected chi connectivity index (χ3v) is 5.88. The number of phenolic OH excluding ortho intramolecular Hbond substituents is 2. The van der Waals surface area contributed by atoms with Crippen LogP contribution in [-0.2, 0) is 19.9 Å². The molecule has 1 spiro atoms. The molecule has 10 heteroatoms. The number of amides is 2. The van der Waals surface area contributed by atoms with Gasteiger partial charge in [-0.15, -0.1) is 0 Å². The van der Waals surface area contributed by atoms with Crippen LogP contribution in [-0.4, -0.2) is 39.1 Å². The number of carboxylic acids is 1. The van der Waals surface area contributed by atoms with E-state index in [-0.39, 0.29) is 45.9 Å². The molecular weight excluding hydrogens is 458 g/mol. The minimum Gasteiger partial charge on any atom is -0.508 e. The predicted octanol–water partition coefficient (Wildman–Crippen LogP) is 2.79. The summed E-state index contributed by atoms with van der Waals surface area (Å²) in [5.74, 6) is -1.68. The van der Waals surface area contributed by atoms with Gasteiger partial charge in [0.2, 0.25) is 11.8 Å². The van der Waals surface area contributed by atoms with E-state index in [4.69, 9.17) is 9.47 Å². The molecule has 3 heterocycles. The van der Waals surface area contributed by atoms with Crippen molar-refractivity contribution in [2.45, 2.75) is 18.4 Å². The van der Waals surface area contributed by atoms with E-state index in [0.717, 1.165) is 0 Å². The van der Waals surface area contributed by atoms with E-state index < -0.39 is 17.5 Å². The molecule has 0 bridgehead atoms. The van der Waals surface area contributed by atoms with E-state index in [1.54, 1.807) is 12.1 Å². The van der Waals surface area contributed by atoms with E-state index in [0.29, 0.717) is 29.5 Å². The molecule has 3 aromatic carbocycles. The molecule has 1 saturated heterocycles. The number of ether oxygens (including phenoxy) is 2. The number of phenols is 2. The standard InChI is InChI=1S/C21H12O7.C4H5NO2/c22-11-2-5-14-17(8-11)27-18-9-12(23)3-6-15(18)21(14)16-7-10(19(24)25)1-4-13(16)20(26)28-21;6-3-1-2-4(7)5-3/h1-9,22-23H,(H,24,25);1-2H2,(H,5,6,7). The van der Waals surface area contributed by atoms with Gasteiger partial charge in [0, 0.05) is 41.7 Å². The van der Waals surface area contributed by atoms with Gasteiger partial charge in [-0.1, -0.05) is 0 Å². The molecule has 3 aliphatic heterocycles. The number of nitrogens with one attached hydrogen (secondary N) is 1. The summed E-state index contributed by atoms with van der Waals surface area (Å²) in [5, 5.41) is 31.3. The van der Waals surface area contributed by atoms with Crippen LogP contribution in [0.5, 0.6) is 23.0 Å². The van der Waals surface area contributed by atoms with Crippen molar-refractivity contribution >= 4 is 23.8 Å². The molecule has 0 atom stereocenters. The number of hydrogen-bond donors (Lipinski definition) is 4. The lowest BCUT2D eigenvalue weighted by molar-refractivity contribution is -0.124. The minimum absolute atomic E-state index is 0.00331. The fourth-order valence-electron chi connectivity index (χ4n) is 4.34. The number of hydrogen-bond acceptors (Lipinski definition) is 8. The second kappa shape index (κ2) is 7.87. The number of carboxylic acid groups (broad SMARTS) is 1. The molecule has 3 aliphatic rings. The number of rotatable bonds is 1. The number of fused-ring (bicyclic) bond motifs is 6. The average molecular weight is 475 g/mol. The van der Waals surface area contributed by atoms with Crippen molar-refractivity contribution in [3.8, 4) is 23.0 Å². The first-order chi connectivity index (χ1) is 16.7. The third kappa shape index (κ3) is 3.52.